The Morgan fingerprint density at radius 1 is 1.39 bits per heavy atom. The minimum Gasteiger partial charge on any atom is -0.443 e. The summed E-state index contributed by atoms with van der Waals surface area (Å²) >= 11 is 0. The van der Waals surface area contributed by atoms with Crippen LogP contribution in [0.4, 0.5) is 4.39 Å². The topological polar surface area (TPSA) is 75.4 Å². The van der Waals surface area contributed by atoms with Crippen LogP contribution in [-0.4, -0.2) is 40.8 Å². The van der Waals surface area contributed by atoms with Crippen molar-refractivity contribution in [2.24, 2.45) is 0 Å². The third-order valence-corrected chi connectivity index (χ3v) is 3.86. The van der Waals surface area contributed by atoms with Gasteiger partial charge in [-0.15, -0.1) is 0 Å². The number of amides is 2. The summed E-state index contributed by atoms with van der Waals surface area (Å²) in [6.07, 6.45) is 1.85. The molecular formula is C16H16FN3O3. The molecule has 1 N–H and O–H groups in total. The van der Waals surface area contributed by atoms with E-state index in [2.05, 4.69) is 10.3 Å². The van der Waals surface area contributed by atoms with Crippen LogP contribution in [-0.2, 0) is 4.79 Å². The monoisotopic (exact) mass is 317 g/mol. The Morgan fingerprint density at radius 3 is 2.87 bits per heavy atom. The quantitative estimate of drug-likeness (QED) is 0.917. The van der Waals surface area contributed by atoms with Gasteiger partial charge in [-0.2, -0.15) is 0 Å². The van der Waals surface area contributed by atoms with E-state index in [0.717, 1.165) is 0 Å². The first-order chi connectivity index (χ1) is 11.1. The van der Waals surface area contributed by atoms with Crippen LogP contribution in [0.3, 0.4) is 0 Å². The number of hydrogen-bond donors (Lipinski definition) is 1. The summed E-state index contributed by atoms with van der Waals surface area (Å²) in [5.41, 5.74) is 0.678. The predicted molar refractivity (Wildman–Crippen MR) is 80.0 cm³/mol. The summed E-state index contributed by atoms with van der Waals surface area (Å²) in [7, 11) is 0. The van der Waals surface area contributed by atoms with Gasteiger partial charge < -0.3 is 14.6 Å². The molecule has 6 nitrogen and oxygen atoms in total. The van der Waals surface area contributed by atoms with Gasteiger partial charge >= 0.3 is 0 Å². The second-order valence-electron chi connectivity index (χ2n) is 5.36. The van der Waals surface area contributed by atoms with E-state index in [1.165, 1.54) is 35.6 Å². The molecule has 1 aliphatic rings. The predicted octanol–water partition coefficient (Wildman–Crippen LogP) is 1.83. The molecule has 1 aromatic carbocycles. The van der Waals surface area contributed by atoms with Gasteiger partial charge in [-0.25, -0.2) is 9.37 Å². The number of halogens is 1. The second-order valence-corrected chi connectivity index (χ2v) is 5.36. The van der Waals surface area contributed by atoms with Crippen LogP contribution in [0.2, 0.25) is 0 Å². The van der Waals surface area contributed by atoms with E-state index in [-0.39, 0.29) is 29.1 Å². The molecule has 0 saturated carbocycles. The molecule has 0 bridgehead atoms. The van der Waals surface area contributed by atoms with Gasteiger partial charge in [0.2, 0.25) is 5.91 Å². The molecule has 1 aliphatic heterocycles. The summed E-state index contributed by atoms with van der Waals surface area (Å²) in [4.78, 5) is 30.2. The van der Waals surface area contributed by atoms with E-state index in [0.29, 0.717) is 25.1 Å². The first kappa shape index (κ1) is 15.2. The number of nitrogens with one attached hydrogen (secondary N) is 1. The van der Waals surface area contributed by atoms with Crippen LogP contribution in [0, 0.1) is 5.82 Å². The summed E-state index contributed by atoms with van der Waals surface area (Å²) in [6, 6.07) is 5.03. The lowest BCUT2D eigenvalue weighted by Crippen LogP contribution is -2.45. The maximum absolute atomic E-state index is 13.1. The number of carbonyl (C=O) groups is 2. The van der Waals surface area contributed by atoms with Gasteiger partial charge in [0.1, 0.15) is 11.9 Å². The van der Waals surface area contributed by atoms with Gasteiger partial charge in [-0.05, 0) is 37.6 Å². The number of hydrogen-bond acceptors (Lipinski definition) is 4. The smallest absolute Gasteiger partial charge is 0.277 e. The number of carbonyl (C=O) groups excluding carboxylic acids is 2. The highest BCUT2D eigenvalue weighted by molar-refractivity contribution is 6.00. The molecule has 1 atom stereocenters. The van der Waals surface area contributed by atoms with Gasteiger partial charge in [-0.3, -0.25) is 9.59 Å². The Balaban J connectivity index is 1.93. The Hall–Kier alpha value is -2.70. The Morgan fingerprint density at radius 2 is 2.13 bits per heavy atom. The molecule has 1 aromatic heterocycles. The van der Waals surface area contributed by atoms with Gasteiger partial charge in [-0.1, -0.05) is 0 Å². The van der Waals surface area contributed by atoms with Crippen molar-refractivity contribution in [3.05, 3.63) is 42.2 Å². The summed E-state index contributed by atoms with van der Waals surface area (Å²) in [5, 5.41) is 2.76. The molecule has 0 spiro atoms. The fourth-order valence-corrected chi connectivity index (χ4v) is 2.56. The van der Waals surface area contributed by atoms with Gasteiger partial charge in [0.15, 0.2) is 17.8 Å². The van der Waals surface area contributed by atoms with Crippen molar-refractivity contribution < 1.29 is 18.4 Å². The summed E-state index contributed by atoms with van der Waals surface area (Å²) < 4.78 is 18.4. The van der Waals surface area contributed by atoms with Gasteiger partial charge in [0.05, 0.1) is 0 Å². The van der Waals surface area contributed by atoms with Crippen LogP contribution >= 0.6 is 0 Å². The minimum absolute atomic E-state index is 0.123. The van der Waals surface area contributed by atoms with E-state index in [4.69, 9.17) is 4.42 Å². The third kappa shape index (κ3) is 2.94. The zero-order valence-corrected chi connectivity index (χ0v) is 12.6. The van der Waals surface area contributed by atoms with E-state index in [9.17, 15) is 14.0 Å². The van der Waals surface area contributed by atoms with Crippen LogP contribution in [0.25, 0.3) is 11.3 Å². The lowest BCUT2D eigenvalue weighted by Gasteiger charge is -2.24. The fourth-order valence-electron chi connectivity index (χ4n) is 2.56. The number of rotatable bonds is 2. The van der Waals surface area contributed by atoms with Crippen LogP contribution in [0.1, 0.15) is 23.8 Å². The zero-order valence-electron chi connectivity index (χ0n) is 12.6. The standard InChI is InChI=1S/C16H16FN3O3/c1-10-15(21)18-7-2-8-20(10)16(22)13-14(23-9-19-13)11-3-5-12(17)6-4-11/h3-6,9-10H,2,7-8H2,1H3,(H,18,21)/t10-/m1/s1. The largest absolute Gasteiger partial charge is 0.443 e. The molecule has 3 rings (SSSR count). The molecule has 23 heavy (non-hydrogen) atoms. The molecule has 2 heterocycles. The molecule has 0 unspecified atom stereocenters. The lowest BCUT2D eigenvalue weighted by atomic mass is 10.1. The Kier molecular flexibility index (Phi) is 4.10. The highest BCUT2D eigenvalue weighted by atomic mass is 19.1. The Labute approximate surface area is 132 Å². The zero-order chi connectivity index (χ0) is 16.4. The van der Waals surface area contributed by atoms with Crippen molar-refractivity contribution in [1.82, 2.24) is 15.2 Å². The Bertz CT molecular complexity index is 726. The first-order valence-electron chi connectivity index (χ1n) is 7.36. The van der Waals surface area contributed by atoms with Crippen molar-refractivity contribution in [3.63, 3.8) is 0 Å². The van der Waals surface area contributed by atoms with Crippen molar-refractivity contribution in [2.45, 2.75) is 19.4 Å². The van der Waals surface area contributed by atoms with Crippen LogP contribution < -0.4 is 5.32 Å². The third-order valence-electron chi connectivity index (χ3n) is 3.86. The van der Waals surface area contributed by atoms with Crippen molar-refractivity contribution in [3.8, 4) is 11.3 Å². The number of benzene rings is 1. The van der Waals surface area contributed by atoms with E-state index in [1.807, 2.05) is 0 Å². The molecule has 0 aliphatic carbocycles. The van der Waals surface area contributed by atoms with Crippen LogP contribution in [0.15, 0.2) is 35.1 Å². The average Bonchev–Trinajstić information content (AvgIpc) is 2.97. The number of oxazole rings is 1. The lowest BCUT2D eigenvalue weighted by molar-refractivity contribution is -0.124. The molecule has 0 radical (unpaired) electrons. The summed E-state index contributed by atoms with van der Waals surface area (Å²) in [6.45, 7) is 2.67. The van der Waals surface area contributed by atoms with Crippen molar-refractivity contribution in [1.29, 1.82) is 0 Å². The molecule has 2 aromatic rings. The molecule has 120 valence electrons. The van der Waals surface area contributed by atoms with E-state index in [1.54, 1.807) is 6.92 Å². The van der Waals surface area contributed by atoms with E-state index >= 15 is 0 Å². The first-order valence-corrected chi connectivity index (χ1v) is 7.36. The van der Waals surface area contributed by atoms with E-state index < -0.39 is 6.04 Å². The highest BCUT2D eigenvalue weighted by Crippen LogP contribution is 2.25. The minimum atomic E-state index is -0.581. The maximum atomic E-state index is 13.1. The normalized spacial score (nSPS) is 18.4. The van der Waals surface area contributed by atoms with Gasteiger partial charge in [0, 0.05) is 18.7 Å². The number of nitrogens with zero attached hydrogens (tertiary/aromatic N) is 2. The molecule has 1 fully saturated rings. The molecular weight excluding hydrogens is 301 g/mol. The van der Waals surface area contributed by atoms with Crippen LogP contribution in [0.5, 0.6) is 0 Å². The van der Waals surface area contributed by atoms with Crippen molar-refractivity contribution >= 4 is 11.8 Å². The molecule has 1 saturated heterocycles. The molecule has 7 heteroatoms. The SMILES string of the molecule is C[C@@H]1C(=O)NCCCN1C(=O)c1ncoc1-c1ccc(F)cc1. The van der Waals surface area contributed by atoms with Crippen molar-refractivity contribution in [2.75, 3.05) is 13.1 Å². The molecule has 2 amide bonds. The summed E-state index contributed by atoms with van der Waals surface area (Å²) in [5.74, 6) is -0.670. The second kappa shape index (κ2) is 6.20. The highest BCUT2D eigenvalue weighted by Gasteiger charge is 2.31. The maximum Gasteiger partial charge on any atom is 0.277 e. The van der Waals surface area contributed by atoms with Gasteiger partial charge in [0.25, 0.3) is 5.91 Å². The number of aromatic nitrogens is 1. The average molecular weight is 317 g/mol. The fraction of sp³-hybridized carbons (Fsp3) is 0.312.